The van der Waals surface area contributed by atoms with E-state index >= 15 is 0 Å². The number of hydrogen-bond acceptors (Lipinski definition) is 4. The van der Waals surface area contributed by atoms with E-state index < -0.39 is 0 Å². The molecule has 2 rings (SSSR count). The van der Waals surface area contributed by atoms with Crippen LogP contribution in [-0.4, -0.2) is 23.1 Å². The number of phenolic OH excluding ortho intramolecular Hbond substituents is 1. The first kappa shape index (κ1) is 13.9. The van der Waals surface area contributed by atoms with Gasteiger partial charge in [0.15, 0.2) is 5.78 Å². The number of carbonyl (C=O) groups excluding carboxylic acids is 1. The van der Waals surface area contributed by atoms with Crippen LogP contribution in [0, 0.1) is 5.92 Å². The van der Waals surface area contributed by atoms with Crippen LogP contribution in [0.2, 0.25) is 0 Å². The Balaban J connectivity index is 2.07. The molecular weight excluding hydrogens is 256 g/mol. The summed E-state index contributed by atoms with van der Waals surface area (Å²) in [6, 6.07) is 4.56. The summed E-state index contributed by atoms with van der Waals surface area (Å²) in [5.74, 6) is 0.455. The van der Waals surface area contributed by atoms with Crippen LogP contribution in [0.4, 0.5) is 0 Å². The Morgan fingerprint density at radius 3 is 2.80 bits per heavy atom. The Hall–Kier alpha value is -2.49. The molecule has 104 valence electrons. The van der Waals surface area contributed by atoms with E-state index in [-0.39, 0.29) is 28.8 Å². The van der Waals surface area contributed by atoms with Crippen LogP contribution in [0.15, 0.2) is 54.3 Å². The Morgan fingerprint density at radius 1 is 1.40 bits per heavy atom. The number of carbonyl (C=O) groups is 1. The predicted molar refractivity (Wildman–Crippen MR) is 76.1 cm³/mol. The summed E-state index contributed by atoms with van der Waals surface area (Å²) in [6.07, 6.45) is 8.98. The molecule has 0 aromatic heterocycles. The van der Waals surface area contributed by atoms with Gasteiger partial charge in [-0.05, 0) is 42.7 Å². The molecule has 1 aromatic rings. The molecule has 0 radical (unpaired) electrons. The standard InChI is InChI=1S/C16H16O4/c1-20-13-7-8-14(16(19)10-13)15(18)9-4-11-2-5-12(17)6-3-11/h2,4-11,17,19H,3H2,1H3. The van der Waals surface area contributed by atoms with Gasteiger partial charge in [0.1, 0.15) is 17.3 Å². The minimum Gasteiger partial charge on any atom is -0.508 e. The maximum Gasteiger partial charge on any atom is 0.189 e. The molecule has 1 aromatic carbocycles. The highest BCUT2D eigenvalue weighted by atomic mass is 16.5. The van der Waals surface area contributed by atoms with Crippen molar-refractivity contribution >= 4 is 5.78 Å². The molecule has 1 atom stereocenters. The smallest absolute Gasteiger partial charge is 0.189 e. The van der Waals surface area contributed by atoms with Gasteiger partial charge in [-0.15, -0.1) is 0 Å². The van der Waals surface area contributed by atoms with Crippen molar-refractivity contribution in [3.8, 4) is 11.5 Å². The fourth-order valence-corrected chi connectivity index (χ4v) is 1.92. The van der Waals surface area contributed by atoms with Gasteiger partial charge in [0, 0.05) is 6.07 Å². The number of benzene rings is 1. The van der Waals surface area contributed by atoms with Crippen molar-refractivity contribution in [1.29, 1.82) is 0 Å². The lowest BCUT2D eigenvalue weighted by Gasteiger charge is -2.09. The highest BCUT2D eigenvalue weighted by Gasteiger charge is 2.10. The molecule has 1 unspecified atom stereocenters. The number of aromatic hydroxyl groups is 1. The van der Waals surface area contributed by atoms with Gasteiger partial charge in [-0.25, -0.2) is 0 Å². The molecule has 0 aliphatic heterocycles. The van der Waals surface area contributed by atoms with Crippen LogP contribution >= 0.6 is 0 Å². The number of aliphatic hydroxyl groups is 1. The third-order valence-corrected chi connectivity index (χ3v) is 3.08. The molecule has 0 amide bonds. The summed E-state index contributed by atoms with van der Waals surface area (Å²) in [4.78, 5) is 12.0. The summed E-state index contributed by atoms with van der Waals surface area (Å²) in [5, 5.41) is 19.0. The molecule has 4 heteroatoms. The number of ketones is 1. The average molecular weight is 272 g/mol. The first-order valence-corrected chi connectivity index (χ1v) is 6.27. The highest BCUT2D eigenvalue weighted by Crippen LogP contribution is 2.24. The Kier molecular flexibility index (Phi) is 4.25. The van der Waals surface area contributed by atoms with E-state index in [0.717, 1.165) is 0 Å². The van der Waals surface area contributed by atoms with Gasteiger partial charge in [-0.1, -0.05) is 12.2 Å². The molecule has 0 bridgehead atoms. The summed E-state index contributed by atoms with van der Waals surface area (Å²) in [5.41, 5.74) is 0.236. The van der Waals surface area contributed by atoms with Crippen LogP contribution in [0.5, 0.6) is 11.5 Å². The first-order chi connectivity index (χ1) is 9.60. The molecule has 0 spiro atoms. The third kappa shape index (κ3) is 3.29. The zero-order valence-electron chi connectivity index (χ0n) is 11.1. The van der Waals surface area contributed by atoms with Gasteiger partial charge in [0.05, 0.1) is 12.7 Å². The lowest BCUT2D eigenvalue weighted by Crippen LogP contribution is -1.99. The number of allylic oxidation sites excluding steroid dienone is 5. The number of rotatable bonds is 4. The van der Waals surface area contributed by atoms with Crippen LogP contribution in [-0.2, 0) is 0 Å². The first-order valence-electron chi connectivity index (χ1n) is 6.27. The molecule has 0 fully saturated rings. The van der Waals surface area contributed by atoms with E-state index in [0.29, 0.717) is 12.2 Å². The van der Waals surface area contributed by atoms with Gasteiger partial charge in [0.25, 0.3) is 0 Å². The quantitative estimate of drug-likeness (QED) is 0.652. The maximum absolute atomic E-state index is 12.0. The van der Waals surface area contributed by atoms with E-state index in [1.54, 1.807) is 24.3 Å². The van der Waals surface area contributed by atoms with E-state index in [1.165, 1.54) is 25.3 Å². The van der Waals surface area contributed by atoms with Crippen molar-refractivity contribution in [1.82, 2.24) is 0 Å². The number of hydrogen-bond donors (Lipinski definition) is 2. The Labute approximate surface area is 117 Å². The summed E-state index contributed by atoms with van der Waals surface area (Å²) < 4.78 is 4.97. The largest absolute Gasteiger partial charge is 0.508 e. The molecular formula is C16H16O4. The fourth-order valence-electron chi connectivity index (χ4n) is 1.92. The van der Waals surface area contributed by atoms with E-state index in [9.17, 15) is 15.0 Å². The lowest BCUT2D eigenvalue weighted by molar-refractivity contribution is 0.104. The second-order valence-electron chi connectivity index (χ2n) is 4.49. The van der Waals surface area contributed by atoms with Crippen LogP contribution in [0.25, 0.3) is 0 Å². The topological polar surface area (TPSA) is 66.8 Å². The molecule has 1 aliphatic carbocycles. The van der Waals surface area contributed by atoms with Gasteiger partial charge in [-0.3, -0.25) is 4.79 Å². The van der Waals surface area contributed by atoms with Gasteiger partial charge >= 0.3 is 0 Å². The van der Waals surface area contributed by atoms with Gasteiger partial charge in [0.2, 0.25) is 0 Å². The zero-order valence-corrected chi connectivity index (χ0v) is 11.1. The zero-order chi connectivity index (χ0) is 14.5. The van der Waals surface area contributed by atoms with E-state index in [1.807, 2.05) is 6.08 Å². The summed E-state index contributed by atoms with van der Waals surface area (Å²) in [6.45, 7) is 0. The molecule has 4 nitrogen and oxygen atoms in total. The summed E-state index contributed by atoms with van der Waals surface area (Å²) >= 11 is 0. The minimum atomic E-state index is -0.266. The molecule has 20 heavy (non-hydrogen) atoms. The number of aliphatic hydroxyl groups excluding tert-OH is 1. The Morgan fingerprint density at radius 2 is 2.20 bits per heavy atom. The second kappa shape index (κ2) is 6.10. The number of methoxy groups -OCH3 is 1. The van der Waals surface area contributed by atoms with E-state index in [4.69, 9.17) is 4.74 Å². The van der Waals surface area contributed by atoms with Gasteiger partial charge in [-0.2, -0.15) is 0 Å². The molecule has 0 heterocycles. The summed E-state index contributed by atoms with van der Waals surface area (Å²) in [7, 11) is 1.49. The van der Waals surface area contributed by atoms with Crippen molar-refractivity contribution in [3.05, 3.63) is 59.9 Å². The fraction of sp³-hybridized carbons (Fsp3) is 0.188. The SMILES string of the molecule is COc1ccc(C(=O)C=CC2C=CC(O)=CC2)c(O)c1. The van der Waals surface area contributed by atoms with E-state index in [2.05, 4.69) is 0 Å². The third-order valence-electron chi connectivity index (χ3n) is 3.08. The highest BCUT2D eigenvalue weighted by molar-refractivity contribution is 6.06. The van der Waals surface area contributed by atoms with Crippen molar-refractivity contribution in [2.24, 2.45) is 5.92 Å². The molecule has 2 N–H and O–H groups in total. The monoisotopic (exact) mass is 272 g/mol. The molecule has 1 aliphatic rings. The normalized spacial score (nSPS) is 18.1. The van der Waals surface area contributed by atoms with Crippen LogP contribution in [0.3, 0.4) is 0 Å². The number of phenols is 1. The van der Waals surface area contributed by atoms with Crippen molar-refractivity contribution < 1.29 is 19.7 Å². The second-order valence-corrected chi connectivity index (χ2v) is 4.49. The van der Waals surface area contributed by atoms with Crippen molar-refractivity contribution in [2.45, 2.75) is 6.42 Å². The minimum absolute atomic E-state index is 0.0789. The predicted octanol–water partition coefficient (Wildman–Crippen LogP) is 3.16. The van der Waals surface area contributed by atoms with Crippen LogP contribution < -0.4 is 4.74 Å². The average Bonchev–Trinajstić information content (AvgIpc) is 2.46. The molecule has 0 saturated carbocycles. The van der Waals surface area contributed by atoms with Crippen molar-refractivity contribution in [3.63, 3.8) is 0 Å². The Bertz CT molecular complexity index is 596. The number of ether oxygens (including phenoxy) is 1. The lowest BCUT2D eigenvalue weighted by atomic mass is 9.98. The maximum atomic E-state index is 12.0. The van der Waals surface area contributed by atoms with Crippen molar-refractivity contribution in [2.75, 3.05) is 7.11 Å². The van der Waals surface area contributed by atoms with Gasteiger partial charge < -0.3 is 14.9 Å². The van der Waals surface area contributed by atoms with Crippen LogP contribution in [0.1, 0.15) is 16.8 Å². The molecule has 0 saturated heterocycles.